The number of nitrogens with one attached hydrogen (secondary N) is 1. The second kappa shape index (κ2) is 6.60. The van der Waals surface area contributed by atoms with E-state index < -0.39 is 0 Å². The molecule has 3 nitrogen and oxygen atoms in total. The Hall–Kier alpha value is -1.51. The van der Waals surface area contributed by atoms with Crippen molar-refractivity contribution in [3.05, 3.63) is 23.3 Å². The molecular weight excluding hydrogens is 236 g/mol. The molecule has 0 aliphatic heterocycles. The maximum atomic E-state index is 12.1. The Balaban J connectivity index is 2.93. The molecule has 0 spiro atoms. The van der Waals surface area contributed by atoms with Crippen LogP contribution in [0.1, 0.15) is 37.8 Å². The first-order valence-corrected chi connectivity index (χ1v) is 6.96. The van der Waals surface area contributed by atoms with E-state index in [4.69, 9.17) is 0 Å². The summed E-state index contributed by atoms with van der Waals surface area (Å²) in [7, 11) is 4.05. The molecule has 0 saturated carbocycles. The maximum absolute atomic E-state index is 12.1. The van der Waals surface area contributed by atoms with E-state index in [-0.39, 0.29) is 11.8 Å². The summed E-state index contributed by atoms with van der Waals surface area (Å²) in [6.07, 6.45) is 1.96. The maximum Gasteiger partial charge on any atom is 0.227 e. The van der Waals surface area contributed by atoms with Crippen molar-refractivity contribution in [1.29, 1.82) is 0 Å². The topological polar surface area (TPSA) is 32.3 Å². The molecule has 1 unspecified atom stereocenters. The van der Waals surface area contributed by atoms with Gasteiger partial charge < -0.3 is 10.2 Å². The third kappa shape index (κ3) is 3.98. The summed E-state index contributed by atoms with van der Waals surface area (Å²) in [4.78, 5) is 14.2. The summed E-state index contributed by atoms with van der Waals surface area (Å²) >= 11 is 0. The van der Waals surface area contributed by atoms with Gasteiger partial charge in [0.25, 0.3) is 0 Å². The predicted octanol–water partition coefficient (Wildman–Crippen LogP) is 3.74. The number of nitrogens with zero attached hydrogens (tertiary/aromatic N) is 1. The van der Waals surface area contributed by atoms with Crippen LogP contribution in [0.25, 0.3) is 0 Å². The van der Waals surface area contributed by atoms with Crippen molar-refractivity contribution in [3.63, 3.8) is 0 Å². The van der Waals surface area contributed by atoms with Crippen LogP contribution in [0.2, 0.25) is 0 Å². The lowest BCUT2D eigenvalue weighted by Crippen LogP contribution is -2.21. The van der Waals surface area contributed by atoms with Crippen molar-refractivity contribution in [1.82, 2.24) is 0 Å². The third-order valence-corrected chi connectivity index (χ3v) is 3.45. The molecule has 0 saturated heterocycles. The molecule has 0 heterocycles. The SMILES string of the molecule is CCCC(C)C(=O)Nc1c(C)cc(N(C)C)cc1C. The van der Waals surface area contributed by atoms with Gasteiger partial charge in [-0.15, -0.1) is 0 Å². The Morgan fingerprint density at radius 3 is 2.21 bits per heavy atom. The Morgan fingerprint density at radius 2 is 1.79 bits per heavy atom. The van der Waals surface area contributed by atoms with E-state index in [1.807, 2.05) is 34.9 Å². The summed E-state index contributed by atoms with van der Waals surface area (Å²) in [5.74, 6) is 0.183. The average Bonchev–Trinajstić information content (AvgIpc) is 2.33. The Bertz CT molecular complexity index is 429. The van der Waals surface area contributed by atoms with Crippen LogP contribution in [0, 0.1) is 19.8 Å². The van der Waals surface area contributed by atoms with Crippen molar-refractivity contribution >= 4 is 17.3 Å². The van der Waals surface area contributed by atoms with Gasteiger partial charge in [-0.05, 0) is 43.5 Å². The van der Waals surface area contributed by atoms with Crippen LogP contribution in [0.3, 0.4) is 0 Å². The second-order valence-electron chi connectivity index (χ2n) is 5.53. The Morgan fingerprint density at radius 1 is 1.26 bits per heavy atom. The van der Waals surface area contributed by atoms with Crippen LogP contribution in [0.15, 0.2) is 12.1 Å². The molecule has 1 N–H and O–H groups in total. The molecule has 19 heavy (non-hydrogen) atoms. The van der Waals surface area contributed by atoms with Crippen molar-refractivity contribution < 1.29 is 4.79 Å². The molecule has 0 aromatic heterocycles. The van der Waals surface area contributed by atoms with Crippen LogP contribution < -0.4 is 10.2 Å². The first-order chi connectivity index (χ1) is 8.86. The first-order valence-electron chi connectivity index (χ1n) is 6.96. The van der Waals surface area contributed by atoms with E-state index in [1.54, 1.807) is 0 Å². The van der Waals surface area contributed by atoms with Crippen LogP contribution in [-0.4, -0.2) is 20.0 Å². The third-order valence-electron chi connectivity index (χ3n) is 3.45. The number of hydrogen-bond donors (Lipinski definition) is 1. The molecule has 1 rings (SSSR count). The highest BCUT2D eigenvalue weighted by atomic mass is 16.1. The fourth-order valence-corrected chi connectivity index (χ4v) is 2.21. The minimum atomic E-state index is 0.0670. The number of hydrogen-bond acceptors (Lipinski definition) is 2. The molecule has 0 aliphatic carbocycles. The van der Waals surface area contributed by atoms with Crippen molar-refractivity contribution in [2.45, 2.75) is 40.5 Å². The number of benzene rings is 1. The molecule has 106 valence electrons. The first kappa shape index (κ1) is 15.5. The summed E-state index contributed by atoms with van der Waals surface area (Å²) in [5.41, 5.74) is 4.34. The normalized spacial score (nSPS) is 12.1. The summed E-state index contributed by atoms with van der Waals surface area (Å²) in [6.45, 7) is 8.17. The molecule has 0 fully saturated rings. The van der Waals surface area contributed by atoms with E-state index in [0.717, 1.165) is 35.3 Å². The molecule has 1 aromatic carbocycles. The van der Waals surface area contributed by atoms with Crippen LogP contribution in [0.5, 0.6) is 0 Å². The molecule has 3 heteroatoms. The van der Waals surface area contributed by atoms with Gasteiger partial charge in [0, 0.05) is 31.4 Å². The minimum Gasteiger partial charge on any atom is -0.378 e. The lowest BCUT2D eigenvalue weighted by Gasteiger charge is -2.19. The summed E-state index contributed by atoms with van der Waals surface area (Å²) < 4.78 is 0. The lowest BCUT2D eigenvalue weighted by molar-refractivity contribution is -0.119. The van der Waals surface area contributed by atoms with Gasteiger partial charge in [0.15, 0.2) is 0 Å². The van der Waals surface area contributed by atoms with Crippen LogP contribution >= 0.6 is 0 Å². The standard InChI is InChI=1S/C16H26N2O/c1-7-8-11(2)16(19)17-15-12(3)9-14(18(5)6)10-13(15)4/h9-11H,7-8H2,1-6H3,(H,17,19). The van der Waals surface area contributed by atoms with Crippen LogP contribution in [0.4, 0.5) is 11.4 Å². The van der Waals surface area contributed by atoms with Crippen LogP contribution in [-0.2, 0) is 4.79 Å². The number of amides is 1. The van der Waals surface area contributed by atoms with Gasteiger partial charge in [0.05, 0.1) is 0 Å². The van der Waals surface area contributed by atoms with E-state index in [2.05, 4.69) is 29.3 Å². The predicted molar refractivity (Wildman–Crippen MR) is 82.9 cm³/mol. The minimum absolute atomic E-state index is 0.0670. The molecule has 1 atom stereocenters. The molecule has 0 radical (unpaired) electrons. The largest absolute Gasteiger partial charge is 0.378 e. The van der Waals surface area contributed by atoms with E-state index >= 15 is 0 Å². The monoisotopic (exact) mass is 262 g/mol. The Labute approximate surface area is 117 Å². The summed E-state index contributed by atoms with van der Waals surface area (Å²) in [6, 6.07) is 4.21. The van der Waals surface area contributed by atoms with E-state index in [9.17, 15) is 4.79 Å². The van der Waals surface area contributed by atoms with Gasteiger partial charge in [0.1, 0.15) is 0 Å². The zero-order valence-electron chi connectivity index (χ0n) is 13.0. The molecule has 1 aromatic rings. The molecule has 1 amide bonds. The van der Waals surface area contributed by atoms with Gasteiger partial charge in [-0.2, -0.15) is 0 Å². The highest BCUT2D eigenvalue weighted by molar-refractivity contribution is 5.94. The van der Waals surface area contributed by atoms with E-state index in [1.165, 1.54) is 0 Å². The lowest BCUT2D eigenvalue weighted by atomic mass is 10.0. The molecule has 0 bridgehead atoms. The quantitative estimate of drug-likeness (QED) is 0.876. The van der Waals surface area contributed by atoms with E-state index in [0.29, 0.717) is 0 Å². The number of anilines is 2. The highest BCUT2D eigenvalue weighted by Gasteiger charge is 2.14. The summed E-state index contributed by atoms with van der Waals surface area (Å²) in [5, 5.41) is 3.07. The molecular formula is C16H26N2O. The Kier molecular flexibility index (Phi) is 5.40. The average molecular weight is 262 g/mol. The zero-order valence-corrected chi connectivity index (χ0v) is 13.0. The van der Waals surface area contributed by atoms with Gasteiger partial charge >= 0.3 is 0 Å². The van der Waals surface area contributed by atoms with Crippen molar-refractivity contribution in [3.8, 4) is 0 Å². The number of rotatable bonds is 5. The van der Waals surface area contributed by atoms with Gasteiger partial charge in [0.2, 0.25) is 5.91 Å². The fraction of sp³-hybridized carbons (Fsp3) is 0.562. The molecule has 0 aliphatic rings. The fourth-order valence-electron chi connectivity index (χ4n) is 2.21. The number of carbonyl (C=O) groups is 1. The smallest absolute Gasteiger partial charge is 0.227 e. The number of aryl methyl sites for hydroxylation is 2. The van der Waals surface area contributed by atoms with Crippen molar-refractivity contribution in [2.75, 3.05) is 24.3 Å². The van der Waals surface area contributed by atoms with Gasteiger partial charge in [-0.1, -0.05) is 20.3 Å². The zero-order chi connectivity index (χ0) is 14.6. The number of carbonyl (C=O) groups excluding carboxylic acids is 1. The van der Waals surface area contributed by atoms with Crippen molar-refractivity contribution in [2.24, 2.45) is 5.92 Å². The highest BCUT2D eigenvalue weighted by Crippen LogP contribution is 2.26. The van der Waals surface area contributed by atoms with Gasteiger partial charge in [-0.25, -0.2) is 0 Å². The van der Waals surface area contributed by atoms with Gasteiger partial charge in [-0.3, -0.25) is 4.79 Å². The second-order valence-corrected chi connectivity index (χ2v) is 5.53.